The maximum absolute atomic E-state index is 11.9. The second-order valence-electron chi connectivity index (χ2n) is 7.73. The highest BCUT2D eigenvalue weighted by Crippen LogP contribution is 2.29. The lowest BCUT2D eigenvalue weighted by atomic mass is 9.87. The molecular weight excluding hydrogens is 384 g/mol. The molecule has 0 spiro atoms. The molecule has 0 aliphatic rings. The first kappa shape index (κ1) is 21.1. The number of rotatable bonds is 5. The number of carbonyl (C=O) groups excluding carboxylic acids is 2. The molecule has 7 heteroatoms. The third kappa shape index (κ3) is 4.68. The third-order valence-electron chi connectivity index (χ3n) is 4.53. The van der Waals surface area contributed by atoms with Crippen LogP contribution >= 0.6 is 0 Å². The molecule has 2 aromatic carbocycles. The van der Waals surface area contributed by atoms with Gasteiger partial charge in [-0.05, 0) is 41.3 Å². The molecule has 0 amide bonds. The number of hydrogen-bond donors (Lipinski definition) is 1. The smallest absolute Gasteiger partial charge is 0.354 e. The first-order valence-electron chi connectivity index (χ1n) is 9.38. The Morgan fingerprint density at radius 2 is 1.73 bits per heavy atom. The summed E-state index contributed by atoms with van der Waals surface area (Å²) < 4.78 is 15.1. The van der Waals surface area contributed by atoms with Gasteiger partial charge >= 0.3 is 11.9 Å². The molecule has 30 heavy (non-hydrogen) atoms. The average Bonchev–Trinajstić information content (AvgIpc) is 3.15. The molecule has 0 saturated carbocycles. The van der Waals surface area contributed by atoms with Crippen molar-refractivity contribution in [3.05, 3.63) is 59.8 Å². The molecule has 7 nitrogen and oxygen atoms in total. The second-order valence-corrected chi connectivity index (χ2v) is 7.73. The van der Waals surface area contributed by atoms with Crippen molar-refractivity contribution in [2.75, 3.05) is 19.5 Å². The van der Waals surface area contributed by atoms with Crippen LogP contribution in [0.1, 0.15) is 26.3 Å². The number of benzene rings is 2. The number of oxazole rings is 1. The van der Waals surface area contributed by atoms with E-state index in [0.29, 0.717) is 22.7 Å². The molecule has 0 atom stereocenters. The van der Waals surface area contributed by atoms with Crippen LogP contribution in [0.4, 0.5) is 5.69 Å². The molecule has 3 aromatic rings. The number of carbonyl (C=O) groups is 2. The van der Waals surface area contributed by atoms with Gasteiger partial charge in [-0.2, -0.15) is 0 Å². The standard InChI is InChI=1S/C23H24N2O5/c1-23(2,3)15-8-6-14(7-9-15)21-25-17-12-16(10-11-19(17)30-21)24-18(22(27)29-5)13-20(26)28-4/h6-13,24H,1-5H3/b18-13+. The van der Waals surface area contributed by atoms with Gasteiger partial charge in [-0.25, -0.2) is 14.6 Å². The maximum Gasteiger partial charge on any atom is 0.354 e. The molecule has 3 rings (SSSR count). The van der Waals surface area contributed by atoms with Gasteiger partial charge in [-0.15, -0.1) is 0 Å². The van der Waals surface area contributed by atoms with Crippen molar-refractivity contribution in [2.24, 2.45) is 0 Å². The number of nitrogens with zero attached hydrogens (tertiary/aromatic N) is 1. The first-order valence-corrected chi connectivity index (χ1v) is 9.38. The van der Waals surface area contributed by atoms with E-state index in [1.165, 1.54) is 19.8 Å². The van der Waals surface area contributed by atoms with Crippen LogP contribution in [0.15, 0.2) is 58.7 Å². The minimum absolute atomic E-state index is 0.0508. The molecule has 0 bridgehead atoms. The number of hydrogen-bond acceptors (Lipinski definition) is 7. The predicted octanol–water partition coefficient (Wildman–Crippen LogP) is 4.43. The van der Waals surface area contributed by atoms with E-state index in [0.717, 1.165) is 11.6 Å². The van der Waals surface area contributed by atoms with Crippen molar-refractivity contribution in [1.29, 1.82) is 0 Å². The van der Waals surface area contributed by atoms with Crippen LogP contribution < -0.4 is 5.32 Å². The monoisotopic (exact) mass is 408 g/mol. The van der Waals surface area contributed by atoms with Crippen LogP contribution in [0, 0.1) is 0 Å². The first-order chi connectivity index (χ1) is 14.2. The fraction of sp³-hybridized carbons (Fsp3) is 0.261. The molecule has 1 N–H and O–H groups in total. The molecular formula is C23H24N2O5. The fourth-order valence-corrected chi connectivity index (χ4v) is 2.83. The summed E-state index contributed by atoms with van der Waals surface area (Å²) in [6.45, 7) is 6.48. The van der Waals surface area contributed by atoms with E-state index in [1.807, 2.05) is 12.1 Å². The van der Waals surface area contributed by atoms with E-state index in [9.17, 15) is 9.59 Å². The van der Waals surface area contributed by atoms with E-state index < -0.39 is 11.9 Å². The topological polar surface area (TPSA) is 90.7 Å². The number of fused-ring (bicyclic) bond motifs is 1. The predicted molar refractivity (Wildman–Crippen MR) is 114 cm³/mol. The normalized spacial score (nSPS) is 12.0. The molecule has 0 fully saturated rings. The number of nitrogens with one attached hydrogen (secondary N) is 1. The van der Waals surface area contributed by atoms with E-state index >= 15 is 0 Å². The summed E-state index contributed by atoms with van der Waals surface area (Å²) in [4.78, 5) is 28.0. The molecule has 1 heterocycles. The summed E-state index contributed by atoms with van der Waals surface area (Å²) in [5.41, 5.74) is 3.87. The van der Waals surface area contributed by atoms with Crippen molar-refractivity contribution in [2.45, 2.75) is 26.2 Å². The van der Waals surface area contributed by atoms with Crippen molar-refractivity contribution in [3.8, 4) is 11.5 Å². The lowest BCUT2D eigenvalue weighted by molar-refractivity contribution is -0.138. The Labute approximate surface area is 174 Å². The maximum atomic E-state index is 11.9. The SMILES string of the molecule is COC(=O)/C=C(/Nc1ccc2oc(-c3ccc(C(C)(C)C)cc3)nc2c1)C(=O)OC. The quantitative estimate of drug-likeness (QED) is 0.493. The van der Waals surface area contributed by atoms with E-state index in [-0.39, 0.29) is 11.1 Å². The lowest BCUT2D eigenvalue weighted by Gasteiger charge is -2.18. The minimum Gasteiger partial charge on any atom is -0.466 e. The highest BCUT2D eigenvalue weighted by Gasteiger charge is 2.16. The van der Waals surface area contributed by atoms with E-state index in [1.54, 1.807) is 18.2 Å². The highest BCUT2D eigenvalue weighted by molar-refractivity contribution is 5.99. The number of esters is 2. The molecule has 156 valence electrons. The Bertz CT molecular complexity index is 1100. The summed E-state index contributed by atoms with van der Waals surface area (Å²) in [6, 6.07) is 13.3. The van der Waals surface area contributed by atoms with Crippen molar-refractivity contribution >= 4 is 28.7 Å². The van der Waals surface area contributed by atoms with Gasteiger partial charge in [0.05, 0.1) is 20.3 Å². The minimum atomic E-state index is -0.694. The molecule has 0 aliphatic heterocycles. The molecule has 0 unspecified atom stereocenters. The molecule has 1 aromatic heterocycles. The van der Waals surface area contributed by atoms with Crippen LogP contribution in [0.2, 0.25) is 0 Å². The lowest BCUT2D eigenvalue weighted by Crippen LogP contribution is -2.15. The summed E-state index contributed by atoms with van der Waals surface area (Å²) in [6.07, 6.45) is 1.03. The number of aromatic nitrogens is 1. The van der Waals surface area contributed by atoms with E-state index in [2.05, 4.69) is 47.9 Å². The van der Waals surface area contributed by atoms with Crippen molar-refractivity contribution in [1.82, 2.24) is 4.98 Å². The van der Waals surface area contributed by atoms with Gasteiger partial charge in [0.15, 0.2) is 5.58 Å². The fourth-order valence-electron chi connectivity index (χ4n) is 2.83. The Hall–Kier alpha value is -3.61. The zero-order valence-corrected chi connectivity index (χ0v) is 17.6. The van der Waals surface area contributed by atoms with Gasteiger partial charge in [0.2, 0.25) is 5.89 Å². The van der Waals surface area contributed by atoms with E-state index in [4.69, 9.17) is 9.15 Å². The summed E-state index contributed by atoms with van der Waals surface area (Å²) >= 11 is 0. The molecule has 0 radical (unpaired) electrons. The highest BCUT2D eigenvalue weighted by atomic mass is 16.5. The van der Waals surface area contributed by atoms with Crippen LogP contribution in [-0.2, 0) is 24.5 Å². The van der Waals surface area contributed by atoms with Gasteiger partial charge in [0.1, 0.15) is 11.2 Å². The largest absolute Gasteiger partial charge is 0.466 e. The Kier molecular flexibility index (Phi) is 5.91. The van der Waals surface area contributed by atoms with Gasteiger partial charge in [-0.1, -0.05) is 32.9 Å². The molecule has 0 saturated heterocycles. The van der Waals surface area contributed by atoms with Gasteiger partial charge in [0.25, 0.3) is 0 Å². The third-order valence-corrected chi connectivity index (χ3v) is 4.53. The van der Waals surface area contributed by atoms with Gasteiger partial charge in [0, 0.05) is 11.3 Å². The second kappa shape index (κ2) is 8.41. The van der Waals surface area contributed by atoms with Gasteiger partial charge < -0.3 is 19.2 Å². The summed E-state index contributed by atoms with van der Waals surface area (Å²) in [5.74, 6) is -0.868. The van der Waals surface area contributed by atoms with Crippen molar-refractivity contribution in [3.63, 3.8) is 0 Å². The Morgan fingerprint density at radius 3 is 2.33 bits per heavy atom. The Morgan fingerprint density at radius 1 is 1.03 bits per heavy atom. The van der Waals surface area contributed by atoms with Crippen LogP contribution in [0.25, 0.3) is 22.6 Å². The number of ether oxygens (including phenoxy) is 2. The van der Waals surface area contributed by atoms with Crippen molar-refractivity contribution < 1.29 is 23.5 Å². The Balaban J connectivity index is 1.89. The zero-order valence-electron chi connectivity index (χ0n) is 17.6. The zero-order chi connectivity index (χ0) is 21.9. The van der Waals surface area contributed by atoms with Crippen LogP contribution in [0.3, 0.4) is 0 Å². The molecule has 0 aliphatic carbocycles. The summed E-state index contributed by atoms with van der Waals surface area (Å²) in [5, 5.41) is 2.86. The van der Waals surface area contributed by atoms with Crippen LogP contribution in [0.5, 0.6) is 0 Å². The van der Waals surface area contributed by atoms with Crippen LogP contribution in [-0.4, -0.2) is 31.1 Å². The average molecular weight is 408 g/mol. The summed E-state index contributed by atoms with van der Waals surface area (Å²) in [7, 11) is 2.46. The number of anilines is 1. The number of methoxy groups -OCH3 is 2. The van der Waals surface area contributed by atoms with Gasteiger partial charge in [-0.3, -0.25) is 0 Å².